The zero-order chi connectivity index (χ0) is 20.8. The van der Waals surface area contributed by atoms with Gasteiger partial charge in [-0.05, 0) is 30.9 Å². The first-order chi connectivity index (χ1) is 14.0. The summed E-state index contributed by atoms with van der Waals surface area (Å²) >= 11 is 0. The van der Waals surface area contributed by atoms with Gasteiger partial charge in [-0.2, -0.15) is 0 Å². The van der Waals surface area contributed by atoms with E-state index in [1.165, 1.54) is 29.5 Å². The van der Waals surface area contributed by atoms with Gasteiger partial charge in [0.25, 0.3) is 0 Å². The van der Waals surface area contributed by atoms with Crippen LogP contribution >= 0.6 is 0 Å². The van der Waals surface area contributed by atoms with Crippen molar-refractivity contribution in [3.8, 4) is 0 Å². The van der Waals surface area contributed by atoms with Gasteiger partial charge in [-0.25, -0.2) is 4.99 Å². The van der Waals surface area contributed by atoms with E-state index in [9.17, 15) is 0 Å². The van der Waals surface area contributed by atoms with Crippen molar-refractivity contribution in [1.82, 2.24) is 5.32 Å². The van der Waals surface area contributed by atoms with Crippen LogP contribution in [0.4, 0.5) is 0 Å². The van der Waals surface area contributed by atoms with Crippen LogP contribution in [-0.4, -0.2) is 5.84 Å². The molecule has 3 heteroatoms. The van der Waals surface area contributed by atoms with Gasteiger partial charge < -0.3 is 11.1 Å². The van der Waals surface area contributed by atoms with Crippen LogP contribution in [-0.2, 0) is 6.42 Å². The lowest BCUT2D eigenvalue weighted by Crippen LogP contribution is -2.29. The molecule has 0 aromatic heterocycles. The minimum Gasteiger partial charge on any atom is -0.399 e. The molecule has 1 heterocycles. The smallest absolute Gasteiger partial charge is 0.137 e. The van der Waals surface area contributed by atoms with Crippen molar-refractivity contribution in [2.24, 2.45) is 10.7 Å². The summed E-state index contributed by atoms with van der Waals surface area (Å²) in [5.41, 5.74) is 14.2. The van der Waals surface area contributed by atoms with Crippen LogP contribution < -0.4 is 11.1 Å². The number of nitrogens with zero attached hydrogens (tertiary/aromatic N) is 1. The molecule has 0 spiro atoms. The van der Waals surface area contributed by atoms with E-state index in [0.717, 1.165) is 47.6 Å². The van der Waals surface area contributed by atoms with Crippen LogP contribution in [0, 0.1) is 6.92 Å². The van der Waals surface area contributed by atoms with Gasteiger partial charge in [0, 0.05) is 34.6 Å². The second-order valence-corrected chi connectivity index (χ2v) is 7.71. The highest BCUT2D eigenvalue weighted by Gasteiger charge is 2.19. The molecule has 0 aliphatic carbocycles. The molecule has 1 aliphatic rings. The Morgan fingerprint density at radius 3 is 2.34 bits per heavy atom. The second-order valence-electron chi connectivity index (χ2n) is 7.71. The summed E-state index contributed by atoms with van der Waals surface area (Å²) in [7, 11) is 0. The number of benzene rings is 2. The maximum atomic E-state index is 5.79. The largest absolute Gasteiger partial charge is 0.399 e. The summed E-state index contributed by atoms with van der Waals surface area (Å²) in [6.45, 7) is 12.5. The summed E-state index contributed by atoms with van der Waals surface area (Å²) in [5, 5.41) is 3.44. The highest BCUT2D eigenvalue weighted by molar-refractivity contribution is 6.01. The molecule has 0 saturated heterocycles. The number of aryl methyl sites for hydroxylation is 1. The Morgan fingerprint density at radius 1 is 1.03 bits per heavy atom. The SMILES string of the molecule is C=C1NC(c2ccc(C)cc2)=NC(CCCCC)=C1Cc1ccc(C(=C)N)cc1. The van der Waals surface area contributed by atoms with Crippen LogP contribution in [0.3, 0.4) is 0 Å². The zero-order valence-corrected chi connectivity index (χ0v) is 17.6. The predicted octanol–water partition coefficient (Wildman–Crippen LogP) is 5.87. The van der Waals surface area contributed by atoms with Gasteiger partial charge in [0.1, 0.15) is 5.84 Å². The number of nitrogens with two attached hydrogens (primary N) is 1. The first-order valence-electron chi connectivity index (χ1n) is 10.4. The molecule has 3 rings (SSSR count). The van der Waals surface area contributed by atoms with Crippen LogP contribution in [0.15, 0.2) is 83.6 Å². The molecule has 2 aromatic carbocycles. The van der Waals surface area contributed by atoms with E-state index in [2.05, 4.69) is 68.7 Å². The Balaban J connectivity index is 1.92. The Labute approximate surface area is 174 Å². The third-order valence-corrected chi connectivity index (χ3v) is 5.28. The first-order valence-corrected chi connectivity index (χ1v) is 10.4. The van der Waals surface area contributed by atoms with E-state index in [-0.39, 0.29) is 0 Å². The van der Waals surface area contributed by atoms with Gasteiger partial charge in [0.05, 0.1) is 0 Å². The standard InChI is InChI=1S/C26H31N3/c1-5-6-7-8-25-24(17-21-11-15-22(16-12-21)19(3)27)20(4)28-26(29-25)23-13-9-18(2)10-14-23/h9-16H,3-8,17,27H2,1-2H3,(H,28,29). The zero-order valence-electron chi connectivity index (χ0n) is 17.6. The van der Waals surface area contributed by atoms with Gasteiger partial charge in [-0.15, -0.1) is 0 Å². The summed E-state index contributed by atoms with van der Waals surface area (Å²) in [6, 6.07) is 16.7. The number of nitrogens with one attached hydrogen (secondary N) is 1. The number of unbranched alkanes of at least 4 members (excludes halogenated alkanes) is 2. The van der Waals surface area contributed by atoms with Crippen molar-refractivity contribution in [2.45, 2.75) is 46.0 Å². The maximum absolute atomic E-state index is 5.79. The van der Waals surface area contributed by atoms with Gasteiger partial charge in [0.15, 0.2) is 0 Å². The quantitative estimate of drug-likeness (QED) is 0.559. The van der Waals surface area contributed by atoms with Gasteiger partial charge in [0.2, 0.25) is 0 Å². The monoisotopic (exact) mass is 385 g/mol. The summed E-state index contributed by atoms with van der Waals surface area (Å²) < 4.78 is 0. The topological polar surface area (TPSA) is 50.4 Å². The number of allylic oxidation sites excluding steroid dienone is 2. The Kier molecular flexibility index (Phi) is 6.71. The fourth-order valence-electron chi connectivity index (χ4n) is 3.47. The molecule has 0 radical (unpaired) electrons. The molecule has 0 bridgehead atoms. The predicted molar refractivity (Wildman–Crippen MR) is 125 cm³/mol. The van der Waals surface area contributed by atoms with Crippen LogP contribution in [0.1, 0.15) is 54.9 Å². The lowest BCUT2D eigenvalue weighted by molar-refractivity contribution is 0.701. The Hall–Kier alpha value is -3.07. The first kappa shape index (κ1) is 20.7. The number of aliphatic imine (C=N–C) groups is 1. The molecule has 29 heavy (non-hydrogen) atoms. The third kappa shape index (κ3) is 5.26. The molecule has 0 saturated carbocycles. The van der Waals surface area contributed by atoms with Crippen LogP contribution in [0.2, 0.25) is 0 Å². The van der Waals surface area contributed by atoms with E-state index >= 15 is 0 Å². The van der Waals surface area contributed by atoms with Crippen molar-refractivity contribution in [2.75, 3.05) is 0 Å². The van der Waals surface area contributed by atoms with Gasteiger partial charge in [-0.1, -0.05) is 87.0 Å². The van der Waals surface area contributed by atoms with Crippen molar-refractivity contribution < 1.29 is 0 Å². The van der Waals surface area contributed by atoms with Crippen molar-refractivity contribution >= 4 is 11.5 Å². The Bertz CT molecular complexity index is 944. The van der Waals surface area contributed by atoms with Crippen LogP contribution in [0.5, 0.6) is 0 Å². The number of hydrogen-bond acceptors (Lipinski definition) is 3. The second kappa shape index (κ2) is 9.42. The molecular formula is C26H31N3. The van der Waals surface area contributed by atoms with E-state index in [1.54, 1.807) is 0 Å². The van der Waals surface area contributed by atoms with E-state index in [1.807, 2.05) is 12.1 Å². The minimum absolute atomic E-state index is 0.590. The van der Waals surface area contributed by atoms with Gasteiger partial charge in [-0.3, -0.25) is 0 Å². The normalized spacial score (nSPS) is 13.9. The molecule has 3 N–H and O–H groups in total. The average Bonchev–Trinajstić information content (AvgIpc) is 2.71. The molecule has 0 unspecified atom stereocenters. The number of hydrogen-bond donors (Lipinski definition) is 2. The summed E-state index contributed by atoms with van der Waals surface area (Å²) in [5.74, 6) is 0.889. The molecule has 0 fully saturated rings. The lowest BCUT2D eigenvalue weighted by Gasteiger charge is -2.24. The minimum atomic E-state index is 0.590. The lowest BCUT2D eigenvalue weighted by atomic mass is 9.96. The molecule has 1 aliphatic heterocycles. The molecule has 3 nitrogen and oxygen atoms in total. The van der Waals surface area contributed by atoms with Gasteiger partial charge >= 0.3 is 0 Å². The molecule has 2 aromatic rings. The molecule has 150 valence electrons. The fourth-order valence-corrected chi connectivity index (χ4v) is 3.47. The average molecular weight is 386 g/mol. The summed E-state index contributed by atoms with van der Waals surface area (Å²) in [4.78, 5) is 5.02. The molecular weight excluding hydrogens is 354 g/mol. The number of amidine groups is 1. The third-order valence-electron chi connectivity index (χ3n) is 5.28. The fraction of sp³-hybridized carbons (Fsp3) is 0.269. The highest BCUT2D eigenvalue weighted by Crippen LogP contribution is 2.27. The van der Waals surface area contributed by atoms with E-state index in [0.29, 0.717) is 5.70 Å². The molecule has 0 atom stereocenters. The van der Waals surface area contributed by atoms with Crippen LogP contribution in [0.25, 0.3) is 5.70 Å². The highest BCUT2D eigenvalue weighted by atomic mass is 15.0. The molecule has 0 amide bonds. The number of rotatable bonds is 8. The summed E-state index contributed by atoms with van der Waals surface area (Å²) in [6.07, 6.45) is 5.31. The van der Waals surface area contributed by atoms with Crippen molar-refractivity contribution in [3.05, 3.63) is 101 Å². The Morgan fingerprint density at radius 2 is 1.72 bits per heavy atom. The van der Waals surface area contributed by atoms with Crippen molar-refractivity contribution in [1.29, 1.82) is 0 Å². The van der Waals surface area contributed by atoms with Crippen molar-refractivity contribution in [3.63, 3.8) is 0 Å². The maximum Gasteiger partial charge on any atom is 0.137 e. The van der Waals surface area contributed by atoms with E-state index in [4.69, 9.17) is 10.7 Å². The van der Waals surface area contributed by atoms with E-state index < -0.39 is 0 Å².